The van der Waals surface area contributed by atoms with Gasteiger partial charge in [-0.25, -0.2) is 0 Å². The van der Waals surface area contributed by atoms with Crippen LogP contribution in [0.25, 0.3) is 44.5 Å². The third-order valence-electron chi connectivity index (χ3n) is 11.2. The van der Waals surface area contributed by atoms with E-state index in [4.69, 9.17) is 0 Å². The molecule has 0 radical (unpaired) electrons. The highest BCUT2D eigenvalue weighted by atomic mass is 15.2. The maximum atomic E-state index is 2.48. The van der Waals surface area contributed by atoms with Gasteiger partial charge in [-0.05, 0) is 105 Å². The smallest absolute Gasteiger partial charge is 0.0629 e. The minimum absolute atomic E-state index is 0.296. The molecule has 0 saturated carbocycles. The van der Waals surface area contributed by atoms with E-state index in [1.165, 1.54) is 61.4 Å². The van der Waals surface area contributed by atoms with E-state index in [1.54, 1.807) is 0 Å². The number of benzene rings is 8. The summed E-state index contributed by atoms with van der Waals surface area (Å²) in [6, 6.07) is 74.9. The molecule has 0 spiro atoms. The van der Waals surface area contributed by atoms with Gasteiger partial charge in [0.2, 0.25) is 0 Å². The lowest BCUT2D eigenvalue weighted by Crippen LogP contribution is -2.28. The van der Waals surface area contributed by atoms with Crippen molar-refractivity contribution in [2.24, 2.45) is 0 Å². The first-order valence-electron chi connectivity index (χ1n) is 19.4. The van der Waals surface area contributed by atoms with Crippen LogP contribution in [0, 0.1) is 0 Å². The summed E-state index contributed by atoms with van der Waals surface area (Å²) in [7, 11) is 0. The average molecular weight is 717 g/mol. The van der Waals surface area contributed by atoms with Crippen molar-refractivity contribution in [1.82, 2.24) is 0 Å². The molecular formula is C54H40N2. The Morgan fingerprint density at radius 1 is 0.321 bits per heavy atom. The van der Waals surface area contributed by atoms with Crippen molar-refractivity contribution in [2.45, 2.75) is 12.0 Å². The second-order valence-corrected chi connectivity index (χ2v) is 14.5. The van der Waals surface area contributed by atoms with Crippen LogP contribution < -0.4 is 9.80 Å². The van der Waals surface area contributed by atoms with E-state index in [0.29, 0.717) is 12.0 Å². The van der Waals surface area contributed by atoms with E-state index in [9.17, 15) is 0 Å². The second kappa shape index (κ2) is 14.6. The Morgan fingerprint density at radius 2 is 0.679 bits per heavy atom. The Morgan fingerprint density at radius 3 is 1.14 bits per heavy atom. The number of hydrogen-bond donors (Lipinski definition) is 0. The molecule has 2 heteroatoms. The van der Waals surface area contributed by atoms with Crippen molar-refractivity contribution in [1.29, 1.82) is 0 Å². The Bertz CT molecular complexity index is 2640. The quantitative estimate of drug-likeness (QED) is 0.154. The number of hydrogen-bond acceptors (Lipinski definition) is 2. The van der Waals surface area contributed by atoms with Crippen molar-refractivity contribution >= 4 is 28.4 Å². The lowest BCUT2D eigenvalue weighted by Gasteiger charge is -2.29. The standard InChI is InChI=1S/C54H40N2/c1-3-11-39(12-4-1)41-19-21-42(22-20-41)44-25-33-48(34-26-44)55(47-31-23-43(24-32-47)40-13-5-2-6-14-40)49-35-27-45(28-36-49)46-29-37-50(38-30-46)56-53-17-9-7-15-51(53)52-16-8-10-18-54(52)56/h1-38,51,53H. The summed E-state index contributed by atoms with van der Waals surface area (Å²) in [5.74, 6) is 0.378. The molecule has 1 heterocycles. The molecule has 0 aromatic heterocycles. The highest BCUT2D eigenvalue weighted by Gasteiger charge is 2.36. The van der Waals surface area contributed by atoms with Crippen LogP contribution in [-0.4, -0.2) is 6.04 Å². The number of allylic oxidation sites excluding steroid dienone is 2. The van der Waals surface area contributed by atoms with Gasteiger partial charge in [0.15, 0.2) is 0 Å². The molecule has 8 aromatic carbocycles. The lowest BCUT2D eigenvalue weighted by atomic mass is 9.91. The van der Waals surface area contributed by atoms with E-state index in [0.717, 1.165) is 17.1 Å². The first-order chi connectivity index (χ1) is 27.8. The normalized spacial score (nSPS) is 15.3. The molecule has 266 valence electrons. The number of nitrogens with zero attached hydrogens (tertiary/aromatic N) is 2. The average Bonchev–Trinajstić information content (AvgIpc) is 3.62. The van der Waals surface area contributed by atoms with Crippen LogP contribution in [0.5, 0.6) is 0 Å². The third kappa shape index (κ3) is 6.32. The molecule has 10 rings (SSSR count). The second-order valence-electron chi connectivity index (χ2n) is 14.5. The van der Waals surface area contributed by atoms with E-state index in [1.807, 2.05) is 0 Å². The zero-order valence-corrected chi connectivity index (χ0v) is 31.0. The largest absolute Gasteiger partial charge is 0.333 e. The van der Waals surface area contributed by atoms with Gasteiger partial charge in [0.05, 0.1) is 6.04 Å². The van der Waals surface area contributed by atoms with Crippen LogP contribution in [0.2, 0.25) is 0 Å². The Kier molecular flexibility index (Phi) is 8.70. The summed E-state index contributed by atoms with van der Waals surface area (Å²) in [5.41, 5.74) is 16.9. The lowest BCUT2D eigenvalue weighted by molar-refractivity contribution is 0.745. The summed E-state index contributed by atoms with van der Waals surface area (Å²) >= 11 is 0. The predicted molar refractivity (Wildman–Crippen MR) is 236 cm³/mol. The molecule has 1 aliphatic heterocycles. The summed E-state index contributed by atoms with van der Waals surface area (Å²) in [4.78, 5) is 4.83. The maximum absolute atomic E-state index is 2.48. The highest BCUT2D eigenvalue weighted by molar-refractivity contribution is 5.82. The minimum atomic E-state index is 0.296. The third-order valence-corrected chi connectivity index (χ3v) is 11.2. The fraction of sp³-hybridized carbons (Fsp3) is 0.0370. The molecule has 2 unspecified atom stereocenters. The fourth-order valence-corrected chi connectivity index (χ4v) is 8.38. The van der Waals surface area contributed by atoms with Crippen molar-refractivity contribution in [3.8, 4) is 44.5 Å². The van der Waals surface area contributed by atoms with Crippen LogP contribution >= 0.6 is 0 Å². The van der Waals surface area contributed by atoms with Crippen LogP contribution in [0.4, 0.5) is 28.4 Å². The summed E-state index contributed by atoms with van der Waals surface area (Å²) in [6.45, 7) is 0. The maximum Gasteiger partial charge on any atom is 0.0629 e. The Balaban J connectivity index is 0.945. The number of fused-ring (bicyclic) bond motifs is 3. The summed E-state index contributed by atoms with van der Waals surface area (Å²) in [5, 5.41) is 0. The van der Waals surface area contributed by atoms with E-state index < -0.39 is 0 Å². The number of para-hydroxylation sites is 1. The number of anilines is 5. The van der Waals surface area contributed by atoms with Crippen molar-refractivity contribution in [2.75, 3.05) is 9.80 Å². The monoisotopic (exact) mass is 716 g/mol. The first kappa shape index (κ1) is 33.4. The first-order valence-corrected chi connectivity index (χ1v) is 19.4. The van der Waals surface area contributed by atoms with Gasteiger partial charge in [0, 0.05) is 34.4 Å². The molecule has 0 bridgehead atoms. The van der Waals surface area contributed by atoms with E-state index in [2.05, 4.69) is 240 Å². The van der Waals surface area contributed by atoms with Crippen molar-refractivity contribution < 1.29 is 0 Å². The van der Waals surface area contributed by atoms with Crippen LogP contribution in [-0.2, 0) is 0 Å². The molecule has 2 nitrogen and oxygen atoms in total. The molecule has 2 atom stereocenters. The van der Waals surface area contributed by atoms with E-state index >= 15 is 0 Å². The molecule has 0 N–H and O–H groups in total. The van der Waals surface area contributed by atoms with Gasteiger partial charge < -0.3 is 9.80 Å². The predicted octanol–water partition coefficient (Wildman–Crippen LogP) is 14.6. The Labute approximate surface area is 329 Å². The molecular weight excluding hydrogens is 677 g/mol. The molecule has 2 aliphatic rings. The molecule has 0 amide bonds. The van der Waals surface area contributed by atoms with Gasteiger partial charge in [-0.2, -0.15) is 0 Å². The molecule has 1 aliphatic carbocycles. The SMILES string of the molecule is C1=CC2c3ccccc3N(c3ccc(-c4ccc(N(c5ccc(-c6ccccc6)cc5)c5ccc(-c6ccc(-c7ccccc7)cc6)cc5)cc4)cc3)C2C=C1. The van der Waals surface area contributed by atoms with E-state index in [-0.39, 0.29) is 0 Å². The molecule has 0 saturated heterocycles. The van der Waals surface area contributed by atoms with Crippen LogP contribution in [0.3, 0.4) is 0 Å². The van der Waals surface area contributed by atoms with Gasteiger partial charge in [0.1, 0.15) is 0 Å². The van der Waals surface area contributed by atoms with Crippen molar-refractivity contribution in [3.05, 3.63) is 236 Å². The van der Waals surface area contributed by atoms with Gasteiger partial charge in [-0.15, -0.1) is 0 Å². The highest BCUT2D eigenvalue weighted by Crippen LogP contribution is 2.47. The topological polar surface area (TPSA) is 6.48 Å². The molecule has 0 fully saturated rings. The van der Waals surface area contributed by atoms with Crippen LogP contribution in [0.1, 0.15) is 11.5 Å². The van der Waals surface area contributed by atoms with Crippen molar-refractivity contribution in [3.63, 3.8) is 0 Å². The van der Waals surface area contributed by atoms with Gasteiger partial charge in [0.25, 0.3) is 0 Å². The summed E-state index contributed by atoms with van der Waals surface area (Å²) in [6.07, 6.45) is 9.01. The number of rotatable bonds is 8. The van der Waals surface area contributed by atoms with Gasteiger partial charge in [-0.3, -0.25) is 0 Å². The van der Waals surface area contributed by atoms with Crippen LogP contribution in [0.15, 0.2) is 231 Å². The zero-order valence-electron chi connectivity index (χ0n) is 31.0. The summed E-state index contributed by atoms with van der Waals surface area (Å²) < 4.78 is 0. The minimum Gasteiger partial charge on any atom is -0.333 e. The van der Waals surface area contributed by atoms with Gasteiger partial charge in [-0.1, -0.05) is 176 Å². The van der Waals surface area contributed by atoms with Gasteiger partial charge >= 0.3 is 0 Å². The molecule has 8 aromatic rings. The Hall–Kier alpha value is -7.16. The zero-order chi connectivity index (χ0) is 37.3. The molecule has 56 heavy (non-hydrogen) atoms. The fourth-order valence-electron chi connectivity index (χ4n) is 8.38.